The molecule has 0 saturated heterocycles. The molecule has 1 N–H and O–H groups in total. The number of hydrogen-bond acceptors (Lipinski definition) is 3. The summed E-state index contributed by atoms with van der Waals surface area (Å²) in [5.74, 6) is 1.41. The lowest BCUT2D eigenvalue weighted by Gasteiger charge is -2.16. The van der Waals surface area contributed by atoms with E-state index in [0.717, 1.165) is 12.2 Å². The first-order chi connectivity index (χ1) is 9.60. The van der Waals surface area contributed by atoms with Crippen molar-refractivity contribution in [3.63, 3.8) is 0 Å². The Morgan fingerprint density at radius 2 is 2.15 bits per heavy atom. The van der Waals surface area contributed by atoms with Gasteiger partial charge in [-0.2, -0.15) is 5.26 Å². The van der Waals surface area contributed by atoms with Crippen molar-refractivity contribution in [3.05, 3.63) is 29.3 Å². The van der Waals surface area contributed by atoms with Crippen LogP contribution in [0.4, 0.5) is 0 Å². The van der Waals surface area contributed by atoms with Crippen molar-refractivity contribution in [2.45, 2.75) is 58.0 Å². The molecule has 0 radical (unpaired) electrons. The summed E-state index contributed by atoms with van der Waals surface area (Å²) in [6.45, 7) is 7.00. The van der Waals surface area contributed by atoms with Crippen molar-refractivity contribution in [2.75, 3.05) is 6.61 Å². The molecule has 1 atom stereocenters. The third-order valence-corrected chi connectivity index (χ3v) is 3.63. The molecule has 108 valence electrons. The summed E-state index contributed by atoms with van der Waals surface area (Å²) in [6.07, 6.45) is 3.14. The van der Waals surface area contributed by atoms with Crippen LogP contribution in [0.25, 0.3) is 0 Å². The number of nitriles is 1. The van der Waals surface area contributed by atoms with Gasteiger partial charge in [-0.1, -0.05) is 26.0 Å². The molecule has 0 spiro atoms. The van der Waals surface area contributed by atoms with E-state index in [1.807, 2.05) is 0 Å². The van der Waals surface area contributed by atoms with E-state index in [1.165, 1.54) is 24.0 Å². The van der Waals surface area contributed by atoms with Gasteiger partial charge in [0.1, 0.15) is 5.75 Å². The fourth-order valence-electron chi connectivity index (χ4n) is 2.25. The number of aryl methyl sites for hydroxylation is 1. The van der Waals surface area contributed by atoms with Gasteiger partial charge >= 0.3 is 0 Å². The van der Waals surface area contributed by atoms with E-state index in [-0.39, 0.29) is 6.04 Å². The van der Waals surface area contributed by atoms with Gasteiger partial charge in [-0.05, 0) is 42.9 Å². The molecule has 0 aromatic heterocycles. The second-order valence-electron chi connectivity index (χ2n) is 5.96. The Bertz CT molecular complexity index is 486. The molecule has 2 rings (SSSR count). The van der Waals surface area contributed by atoms with E-state index in [1.54, 1.807) is 0 Å². The Hall–Kier alpha value is -1.53. The largest absolute Gasteiger partial charge is 0.493 e. The SMILES string of the molecule is Cc1ccc(C(C)C)c(OCCC(C#N)NC2CC2)c1. The van der Waals surface area contributed by atoms with Crippen molar-refractivity contribution >= 4 is 0 Å². The molecule has 1 aliphatic rings. The van der Waals surface area contributed by atoms with Crippen molar-refractivity contribution < 1.29 is 4.74 Å². The fourth-order valence-corrected chi connectivity index (χ4v) is 2.25. The third-order valence-electron chi connectivity index (χ3n) is 3.63. The molecule has 1 unspecified atom stereocenters. The van der Waals surface area contributed by atoms with Crippen LogP contribution in [0.2, 0.25) is 0 Å². The first-order valence-corrected chi connectivity index (χ1v) is 7.49. The Morgan fingerprint density at radius 1 is 1.40 bits per heavy atom. The molecule has 1 aromatic rings. The van der Waals surface area contributed by atoms with E-state index in [2.05, 4.69) is 50.4 Å². The number of nitrogens with zero attached hydrogens (tertiary/aromatic N) is 1. The predicted octanol–water partition coefficient (Wildman–Crippen LogP) is 3.53. The highest BCUT2D eigenvalue weighted by Gasteiger charge is 2.24. The third kappa shape index (κ3) is 4.25. The quantitative estimate of drug-likeness (QED) is 0.826. The zero-order valence-corrected chi connectivity index (χ0v) is 12.6. The van der Waals surface area contributed by atoms with Crippen molar-refractivity contribution in [3.8, 4) is 11.8 Å². The van der Waals surface area contributed by atoms with Gasteiger partial charge in [0.15, 0.2) is 0 Å². The first kappa shape index (κ1) is 14.9. The molecule has 1 saturated carbocycles. The van der Waals surface area contributed by atoms with Crippen molar-refractivity contribution in [1.29, 1.82) is 5.26 Å². The summed E-state index contributed by atoms with van der Waals surface area (Å²) in [7, 11) is 0. The highest BCUT2D eigenvalue weighted by Crippen LogP contribution is 2.27. The summed E-state index contributed by atoms with van der Waals surface area (Å²) in [6, 6.07) is 9.14. The minimum atomic E-state index is -0.0881. The molecular formula is C17H24N2O. The fraction of sp³-hybridized carbons (Fsp3) is 0.588. The molecule has 3 nitrogen and oxygen atoms in total. The molecular weight excluding hydrogens is 248 g/mol. The Morgan fingerprint density at radius 3 is 2.75 bits per heavy atom. The minimum absolute atomic E-state index is 0.0881. The van der Waals surface area contributed by atoms with Gasteiger partial charge in [-0.15, -0.1) is 0 Å². The number of hydrogen-bond donors (Lipinski definition) is 1. The number of rotatable bonds is 7. The van der Waals surface area contributed by atoms with Crippen molar-refractivity contribution in [1.82, 2.24) is 5.32 Å². The van der Waals surface area contributed by atoms with Crippen molar-refractivity contribution in [2.24, 2.45) is 0 Å². The molecule has 0 heterocycles. The van der Waals surface area contributed by atoms with Crippen LogP contribution in [0.15, 0.2) is 18.2 Å². The first-order valence-electron chi connectivity index (χ1n) is 7.49. The predicted molar refractivity (Wildman–Crippen MR) is 80.9 cm³/mol. The molecule has 0 bridgehead atoms. The van der Waals surface area contributed by atoms with Gasteiger partial charge in [-0.3, -0.25) is 5.32 Å². The highest BCUT2D eigenvalue weighted by molar-refractivity contribution is 5.39. The van der Waals surface area contributed by atoms with Crippen LogP contribution < -0.4 is 10.1 Å². The van der Waals surface area contributed by atoms with Crippen LogP contribution in [0.5, 0.6) is 5.75 Å². The summed E-state index contributed by atoms with van der Waals surface area (Å²) >= 11 is 0. The van der Waals surface area contributed by atoms with Gasteiger partial charge in [-0.25, -0.2) is 0 Å². The van der Waals surface area contributed by atoms with Crippen LogP contribution in [-0.2, 0) is 0 Å². The lowest BCUT2D eigenvalue weighted by atomic mass is 10.0. The second kappa shape index (κ2) is 6.76. The van der Waals surface area contributed by atoms with Crippen LogP contribution in [0.3, 0.4) is 0 Å². The van der Waals surface area contributed by atoms with Gasteiger partial charge in [0.2, 0.25) is 0 Å². The molecule has 0 aliphatic heterocycles. The summed E-state index contributed by atoms with van der Waals surface area (Å²) in [5.41, 5.74) is 2.44. The Kier molecular flexibility index (Phi) is 5.03. The maximum Gasteiger partial charge on any atom is 0.123 e. The average Bonchev–Trinajstić information content (AvgIpc) is 3.21. The van der Waals surface area contributed by atoms with Gasteiger partial charge in [0, 0.05) is 12.5 Å². The maximum absolute atomic E-state index is 9.12. The maximum atomic E-state index is 9.12. The average molecular weight is 272 g/mol. The second-order valence-corrected chi connectivity index (χ2v) is 5.96. The summed E-state index contributed by atoms with van der Waals surface area (Å²) < 4.78 is 5.92. The van der Waals surface area contributed by atoms with E-state index >= 15 is 0 Å². The van der Waals surface area contributed by atoms with E-state index in [4.69, 9.17) is 10.00 Å². The molecule has 1 aliphatic carbocycles. The lowest BCUT2D eigenvalue weighted by molar-refractivity contribution is 0.293. The molecule has 3 heteroatoms. The van der Waals surface area contributed by atoms with Crippen LogP contribution in [0.1, 0.15) is 50.2 Å². The smallest absolute Gasteiger partial charge is 0.123 e. The monoisotopic (exact) mass is 272 g/mol. The van der Waals surface area contributed by atoms with E-state index in [9.17, 15) is 0 Å². The lowest BCUT2D eigenvalue weighted by Crippen LogP contribution is -2.31. The molecule has 1 aromatic carbocycles. The highest BCUT2D eigenvalue weighted by atomic mass is 16.5. The minimum Gasteiger partial charge on any atom is -0.493 e. The van der Waals surface area contributed by atoms with E-state index < -0.39 is 0 Å². The van der Waals surface area contributed by atoms with Crippen LogP contribution in [-0.4, -0.2) is 18.7 Å². The number of nitrogens with one attached hydrogen (secondary N) is 1. The Labute approximate surface area is 121 Å². The summed E-state index contributed by atoms with van der Waals surface area (Å²) in [4.78, 5) is 0. The van der Waals surface area contributed by atoms with Crippen LogP contribution in [0, 0.1) is 18.3 Å². The number of benzene rings is 1. The molecule has 20 heavy (non-hydrogen) atoms. The van der Waals surface area contributed by atoms with E-state index in [0.29, 0.717) is 18.6 Å². The zero-order chi connectivity index (χ0) is 14.5. The number of ether oxygens (including phenoxy) is 1. The van der Waals surface area contributed by atoms with Gasteiger partial charge < -0.3 is 4.74 Å². The van der Waals surface area contributed by atoms with Crippen LogP contribution >= 0.6 is 0 Å². The Balaban J connectivity index is 1.89. The van der Waals surface area contributed by atoms with Gasteiger partial charge in [0.05, 0.1) is 18.7 Å². The van der Waals surface area contributed by atoms with Gasteiger partial charge in [0.25, 0.3) is 0 Å². The topological polar surface area (TPSA) is 45.0 Å². The zero-order valence-electron chi connectivity index (χ0n) is 12.6. The molecule has 1 fully saturated rings. The standard InChI is InChI=1S/C17H24N2O/c1-12(2)16-7-4-13(3)10-17(16)20-9-8-15(11-18)19-14-5-6-14/h4,7,10,12,14-15,19H,5-6,8-9H2,1-3H3. The molecule has 0 amide bonds. The summed E-state index contributed by atoms with van der Waals surface area (Å²) in [5, 5.41) is 12.5. The normalized spacial score (nSPS) is 15.9.